The van der Waals surface area contributed by atoms with Crippen LogP contribution >= 0.6 is 11.3 Å². The molecule has 1 aromatic carbocycles. The van der Waals surface area contributed by atoms with Crippen molar-refractivity contribution in [3.05, 3.63) is 65.3 Å². The van der Waals surface area contributed by atoms with Crippen molar-refractivity contribution in [1.29, 1.82) is 5.26 Å². The molecule has 0 aliphatic rings. The van der Waals surface area contributed by atoms with Crippen LogP contribution in [0.15, 0.2) is 54.2 Å². The maximum Gasteiger partial charge on any atom is 0.0991 e. The summed E-state index contributed by atoms with van der Waals surface area (Å²) >= 11 is 1.74. The summed E-state index contributed by atoms with van der Waals surface area (Å²) in [6.07, 6.45) is 4.11. The third-order valence-corrected chi connectivity index (χ3v) is 4.29. The third kappa shape index (κ3) is 2.07. The fourth-order valence-electron chi connectivity index (χ4n) is 2.14. The van der Waals surface area contributed by atoms with Crippen LogP contribution in [0.25, 0.3) is 16.1 Å². The van der Waals surface area contributed by atoms with Gasteiger partial charge in [-0.15, -0.1) is 11.3 Å². The molecule has 0 unspecified atom stereocenters. The molecular formula is C16H12N2S. The third-order valence-electron chi connectivity index (χ3n) is 3.17. The van der Waals surface area contributed by atoms with Gasteiger partial charge in [-0.1, -0.05) is 12.1 Å². The molecule has 19 heavy (non-hydrogen) atoms. The first-order valence-electron chi connectivity index (χ1n) is 6.01. The number of nitriles is 1. The first kappa shape index (κ1) is 11.8. The van der Waals surface area contributed by atoms with Gasteiger partial charge in [-0.25, -0.2) is 0 Å². The molecule has 3 aromatic rings. The van der Waals surface area contributed by atoms with Crippen LogP contribution in [0.3, 0.4) is 0 Å². The Kier molecular flexibility index (Phi) is 2.94. The maximum absolute atomic E-state index is 8.83. The van der Waals surface area contributed by atoms with Crippen molar-refractivity contribution in [2.75, 3.05) is 0 Å². The number of nitrogens with zero attached hydrogens (tertiary/aromatic N) is 2. The van der Waals surface area contributed by atoms with Crippen molar-refractivity contribution in [3.8, 4) is 22.2 Å². The summed E-state index contributed by atoms with van der Waals surface area (Å²) in [5, 5.41) is 11.0. The average Bonchev–Trinajstić information content (AvgIpc) is 3.08. The van der Waals surface area contributed by atoms with Gasteiger partial charge in [0.05, 0.1) is 17.3 Å². The van der Waals surface area contributed by atoms with Crippen molar-refractivity contribution < 1.29 is 0 Å². The highest BCUT2D eigenvalue weighted by Gasteiger charge is 2.10. The number of aromatic nitrogens is 1. The van der Waals surface area contributed by atoms with Gasteiger partial charge in [0.1, 0.15) is 0 Å². The van der Waals surface area contributed by atoms with Gasteiger partial charge in [-0.2, -0.15) is 5.26 Å². The van der Waals surface area contributed by atoms with Gasteiger partial charge >= 0.3 is 0 Å². The van der Waals surface area contributed by atoms with Crippen LogP contribution in [0.1, 0.15) is 11.1 Å². The zero-order chi connectivity index (χ0) is 13.2. The molecule has 3 rings (SSSR count). The summed E-state index contributed by atoms with van der Waals surface area (Å²) < 4.78 is 2.12. The topological polar surface area (TPSA) is 28.7 Å². The number of hydrogen-bond acceptors (Lipinski definition) is 2. The van der Waals surface area contributed by atoms with Gasteiger partial charge in [0.25, 0.3) is 0 Å². The van der Waals surface area contributed by atoms with E-state index in [-0.39, 0.29) is 0 Å². The van der Waals surface area contributed by atoms with Crippen LogP contribution in [-0.2, 0) is 0 Å². The van der Waals surface area contributed by atoms with E-state index in [9.17, 15) is 0 Å². The van der Waals surface area contributed by atoms with Gasteiger partial charge in [0.2, 0.25) is 0 Å². The predicted molar refractivity (Wildman–Crippen MR) is 78.5 cm³/mol. The molecular weight excluding hydrogens is 252 g/mol. The summed E-state index contributed by atoms with van der Waals surface area (Å²) in [6, 6.07) is 14.0. The fraction of sp³-hybridized carbons (Fsp3) is 0.0625. The molecule has 0 N–H and O–H groups in total. The molecule has 2 nitrogen and oxygen atoms in total. The van der Waals surface area contributed by atoms with Crippen LogP contribution in [-0.4, -0.2) is 4.57 Å². The predicted octanol–water partition coefficient (Wildman–Crippen LogP) is 4.39. The Morgan fingerprint density at radius 2 is 1.79 bits per heavy atom. The second-order valence-corrected chi connectivity index (χ2v) is 5.23. The van der Waals surface area contributed by atoms with E-state index in [1.807, 2.05) is 36.4 Å². The minimum Gasteiger partial charge on any atom is -0.323 e. The van der Waals surface area contributed by atoms with Crippen LogP contribution in [0, 0.1) is 18.3 Å². The Bertz CT molecular complexity index is 728. The smallest absolute Gasteiger partial charge is 0.0991 e. The second kappa shape index (κ2) is 4.75. The number of hydrogen-bond donors (Lipinski definition) is 0. The second-order valence-electron chi connectivity index (χ2n) is 4.35. The molecule has 0 aliphatic carbocycles. The van der Waals surface area contributed by atoms with E-state index in [0.717, 1.165) is 0 Å². The summed E-state index contributed by atoms with van der Waals surface area (Å²) in [6.45, 7) is 2.14. The molecule has 0 saturated heterocycles. The SMILES string of the molecule is Cc1c(-n2cccc2)csc1-c1ccc(C#N)cc1. The van der Waals surface area contributed by atoms with Crippen molar-refractivity contribution in [3.63, 3.8) is 0 Å². The van der Waals surface area contributed by atoms with Crippen molar-refractivity contribution >= 4 is 11.3 Å². The Balaban J connectivity index is 2.04. The first-order chi connectivity index (χ1) is 9.29. The molecule has 92 valence electrons. The van der Waals surface area contributed by atoms with Crippen LogP contribution in [0.5, 0.6) is 0 Å². The lowest BCUT2D eigenvalue weighted by Gasteiger charge is -2.04. The van der Waals surface area contributed by atoms with Crippen LogP contribution in [0.4, 0.5) is 0 Å². The Labute approximate surface area is 116 Å². The van der Waals surface area contributed by atoms with Crippen molar-refractivity contribution in [1.82, 2.24) is 4.57 Å². The molecule has 0 aliphatic heterocycles. The van der Waals surface area contributed by atoms with Gasteiger partial charge in [0, 0.05) is 22.7 Å². The van der Waals surface area contributed by atoms with Gasteiger partial charge < -0.3 is 4.57 Å². The number of benzene rings is 1. The van der Waals surface area contributed by atoms with E-state index in [1.165, 1.54) is 21.7 Å². The summed E-state index contributed by atoms with van der Waals surface area (Å²) in [4.78, 5) is 1.26. The molecule has 0 saturated carbocycles. The normalized spacial score (nSPS) is 10.3. The molecule has 2 aromatic heterocycles. The summed E-state index contributed by atoms with van der Waals surface area (Å²) in [7, 11) is 0. The van der Waals surface area contributed by atoms with E-state index in [2.05, 4.69) is 35.3 Å². The molecule has 2 heterocycles. The molecule has 3 heteroatoms. The van der Waals surface area contributed by atoms with E-state index >= 15 is 0 Å². The zero-order valence-corrected chi connectivity index (χ0v) is 11.3. The van der Waals surface area contributed by atoms with Gasteiger partial charge in [-0.05, 0) is 42.3 Å². The largest absolute Gasteiger partial charge is 0.323 e. The highest BCUT2D eigenvalue weighted by molar-refractivity contribution is 7.14. The summed E-state index contributed by atoms with van der Waals surface area (Å²) in [5.41, 5.74) is 4.35. The lowest BCUT2D eigenvalue weighted by atomic mass is 10.1. The maximum atomic E-state index is 8.83. The Morgan fingerprint density at radius 3 is 2.42 bits per heavy atom. The molecule has 0 radical (unpaired) electrons. The van der Waals surface area contributed by atoms with Crippen LogP contribution in [0.2, 0.25) is 0 Å². The molecule has 0 amide bonds. The lowest BCUT2D eigenvalue weighted by molar-refractivity contribution is 1.07. The lowest BCUT2D eigenvalue weighted by Crippen LogP contribution is -1.89. The average molecular weight is 264 g/mol. The molecule has 0 atom stereocenters. The molecule has 0 spiro atoms. The Hall–Kier alpha value is -2.31. The monoisotopic (exact) mass is 264 g/mol. The first-order valence-corrected chi connectivity index (χ1v) is 6.89. The minimum atomic E-state index is 0.698. The highest BCUT2D eigenvalue weighted by Crippen LogP contribution is 2.34. The Morgan fingerprint density at radius 1 is 1.11 bits per heavy atom. The molecule has 0 fully saturated rings. The van der Waals surface area contributed by atoms with Gasteiger partial charge in [-0.3, -0.25) is 0 Å². The zero-order valence-electron chi connectivity index (χ0n) is 10.5. The molecule has 0 bridgehead atoms. The van der Waals surface area contributed by atoms with Gasteiger partial charge in [0.15, 0.2) is 0 Å². The quantitative estimate of drug-likeness (QED) is 0.675. The van der Waals surface area contributed by atoms with Crippen molar-refractivity contribution in [2.24, 2.45) is 0 Å². The van der Waals surface area contributed by atoms with Crippen molar-refractivity contribution in [2.45, 2.75) is 6.92 Å². The number of rotatable bonds is 2. The minimum absolute atomic E-state index is 0.698. The fourth-order valence-corrected chi connectivity index (χ4v) is 3.22. The summed E-state index contributed by atoms with van der Waals surface area (Å²) in [5.74, 6) is 0. The number of thiophene rings is 1. The highest BCUT2D eigenvalue weighted by atomic mass is 32.1. The van der Waals surface area contributed by atoms with E-state index in [4.69, 9.17) is 5.26 Å². The van der Waals surface area contributed by atoms with Crippen LogP contribution < -0.4 is 0 Å². The van der Waals surface area contributed by atoms with E-state index < -0.39 is 0 Å². The van der Waals surface area contributed by atoms with E-state index in [1.54, 1.807) is 11.3 Å². The standard InChI is InChI=1S/C16H12N2S/c1-12-15(18-8-2-3-9-18)11-19-16(12)14-6-4-13(10-17)5-7-14/h2-9,11H,1H3. The van der Waals surface area contributed by atoms with E-state index in [0.29, 0.717) is 5.56 Å².